The maximum atomic E-state index is 13.1. The van der Waals surface area contributed by atoms with Gasteiger partial charge < -0.3 is 25.1 Å². The van der Waals surface area contributed by atoms with Gasteiger partial charge in [0.15, 0.2) is 0 Å². The highest BCUT2D eigenvalue weighted by Crippen LogP contribution is 2.24. The highest BCUT2D eigenvalue weighted by atomic mass is 32.2. The normalized spacial score (nSPS) is 16.7. The summed E-state index contributed by atoms with van der Waals surface area (Å²) in [6.07, 6.45) is 2.05. The number of H-pyrrole nitrogens is 1. The van der Waals surface area contributed by atoms with Crippen LogP contribution in [0.4, 0.5) is 0 Å². The topological polar surface area (TPSA) is 130 Å². The summed E-state index contributed by atoms with van der Waals surface area (Å²) in [7, 11) is -2.36. The lowest BCUT2D eigenvalue weighted by molar-refractivity contribution is -0.140. The molecule has 11 heteroatoms. The summed E-state index contributed by atoms with van der Waals surface area (Å²) in [6.45, 7) is 0.730. The number of aromatic nitrogens is 1. The molecule has 1 fully saturated rings. The van der Waals surface area contributed by atoms with Crippen LogP contribution in [-0.2, 0) is 30.8 Å². The molecule has 1 unspecified atom stereocenters. The first kappa shape index (κ1) is 24.7. The first-order valence-electron chi connectivity index (χ1n) is 11.3. The first-order valence-corrected chi connectivity index (χ1v) is 12.7. The predicted octanol–water partition coefficient (Wildman–Crippen LogP) is 1.39. The van der Waals surface area contributed by atoms with Crippen molar-refractivity contribution in [3.8, 4) is 5.75 Å². The van der Waals surface area contributed by atoms with E-state index in [0.717, 1.165) is 16.5 Å². The Bertz CT molecular complexity index is 1290. The van der Waals surface area contributed by atoms with E-state index in [1.807, 2.05) is 30.5 Å². The van der Waals surface area contributed by atoms with Crippen LogP contribution in [0.1, 0.15) is 12.0 Å². The number of rotatable bonds is 8. The summed E-state index contributed by atoms with van der Waals surface area (Å²) in [5, 5.41) is 6.16. The largest absolute Gasteiger partial charge is 0.497 e. The van der Waals surface area contributed by atoms with Crippen LogP contribution in [0.5, 0.6) is 5.75 Å². The standard InChI is InChI=1S/C24H28N4O6S/c1-33-18-7-9-19(10-8-18)35(31,32)28-13-4-14-34-22(28)16-27-24(30)23(29)25-12-11-17-15-26-21-6-3-2-5-20(17)21/h2-3,5-10,15,22,26H,4,11-14,16H2,1H3,(H,25,29)(H,27,30). The first-order chi connectivity index (χ1) is 16.9. The molecule has 1 aliphatic rings. The Morgan fingerprint density at radius 1 is 1.11 bits per heavy atom. The van der Waals surface area contributed by atoms with Crippen molar-refractivity contribution in [1.29, 1.82) is 0 Å². The number of nitrogens with one attached hydrogen (secondary N) is 3. The number of fused-ring (bicyclic) bond motifs is 1. The third kappa shape index (κ3) is 5.64. The van der Waals surface area contributed by atoms with Gasteiger partial charge in [0.25, 0.3) is 0 Å². The highest BCUT2D eigenvalue weighted by Gasteiger charge is 2.35. The fourth-order valence-corrected chi connectivity index (χ4v) is 5.54. The van der Waals surface area contributed by atoms with Gasteiger partial charge in [-0.3, -0.25) is 9.59 Å². The van der Waals surface area contributed by atoms with Crippen molar-refractivity contribution >= 4 is 32.7 Å². The zero-order valence-electron chi connectivity index (χ0n) is 19.3. The number of carbonyl (C=O) groups excluding carboxylic acids is 2. The SMILES string of the molecule is COc1ccc(S(=O)(=O)N2CCCOC2CNC(=O)C(=O)NCCc2c[nH]c3ccccc23)cc1. The smallest absolute Gasteiger partial charge is 0.309 e. The average molecular weight is 501 g/mol. The fraction of sp³-hybridized carbons (Fsp3) is 0.333. The minimum absolute atomic E-state index is 0.0927. The maximum absolute atomic E-state index is 13.1. The van der Waals surface area contributed by atoms with Gasteiger partial charge >= 0.3 is 11.8 Å². The lowest BCUT2D eigenvalue weighted by Crippen LogP contribution is -2.53. The van der Waals surface area contributed by atoms with Crippen LogP contribution < -0.4 is 15.4 Å². The van der Waals surface area contributed by atoms with Crippen molar-refractivity contribution in [3.05, 3.63) is 60.3 Å². The van der Waals surface area contributed by atoms with Crippen molar-refractivity contribution in [2.45, 2.75) is 24.0 Å². The Kier molecular flexibility index (Phi) is 7.69. The Morgan fingerprint density at radius 3 is 2.63 bits per heavy atom. The zero-order valence-corrected chi connectivity index (χ0v) is 20.1. The van der Waals surface area contributed by atoms with Crippen molar-refractivity contribution in [2.24, 2.45) is 0 Å². The van der Waals surface area contributed by atoms with Crippen LogP contribution in [0.15, 0.2) is 59.6 Å². The summed E-state index contributed by atoms with van der Waals surface area (Å²) >= 11 is 0. The summed E-state index contributed by atoms with van der Waals surface area (Å²) in [5.41, 5.74) is 2.05. The van der Waals surface area contributed by atoms with Gasteiger partial charge in [-0.2, -0.15) is 4.31 Å². The Labute approximate surface area is 203 Å². The van der Waals surface area contributed by atoms with Gasteiger partial charge in [0.2, 0.25) is 10.0 Å². The second-order valence-corrected chi connectivity index (χ2v) is 9.94. The summed E-state index contributed by atoms with van der Waals surface area (Å²) in [5.74, 6) is -1.09. The fourth-order valence-electron chi connectivity index (χ4n) is 3.98. The molecule has 1 aromatic heterocycles. The van der Waals surface area contributed by atoms with E-state index in [9.17, 15) is 18.0 Å². The zero-order chi connectivity index (χ0) is 24.8. The summed E-state index contributed by atoms with van der Waals surface area (Å²) in [4.78, 5) is 27.8. The molecule has 10 nitrogen and oxygen atoms in total. The third-order valence-corrected chi connectivity index (χ3v) is 7.72. The molecule has 1 aliphatic heterocycles. The quantitative estimate of drug-likeness (QED) is 0.401. The van der Waals surface area contributed by atoms with Gasteiger partial charge in [-0.15, -0.1) is 0 Å². The number of aromatic amines is 1. The van der Waals surface area contributed by atoms with Crippen LogP contribution in [0, 0.1) is 0 Å². The Morgan fingerprint density at radius 2 is 1.86 bits per heavy atom. The molecule has 3 aromatic rings. The molecule has 0 spiro atoms. The number of ether oxygens (including phenoxy) is 2. The summed E-state index contributed by atoms with van der Waals surface area (Å²) < 4.78 is 38.2. The lowest BCUT2D eigenvalue weighted by atomic mass is 10.1. The molecule has 2 heterocycles. The number of benzene rings is 2. The number of methoxy groups -OCH3 is 1. The van der Waals surface area contributed by atoms with Gasteiger partial charge in [-0.1, -0.05) is 18.2 Å². The van der Waals surface area contributed by atoms with E-state index in [2.05, 4.69) is 15.6 Å². The molecule has 186 valence electrons. The van der Waals surface area contributed by atoms with Crippen LogP contribution in [0.2, 0.25) is 0 Å². The number of sulfonamides is 1. The van der Waals surface area contributed by atoms with Gasteiger partial charge in [0.1, 0.15) is 12.0 Å². The molecular weight excluding hydrogens is 472 g/mol. The Hall–Kier alpha value is -3.41. The van der Waals surface area contributed by atoms with E-state index in [4.69, 9.17) is 9.47 Å². The molecule has 0 aliphatic carbocycles. The molecule has 0 bridgehead atoms. The van der Waals surface area contributed by atoms with E-state index in [-0.39, 0.29) is 24.5 Å². The van der Waals surface area contributed by atoms with Gasteiger partial charge in [-0.05, 0) is 48.7 Å². The molecule has 1 atom stereocenters. The average Bonchev–Trinajstić information content (AvgIpc) is 3.30. The number of hydrogen-bond donors (Lipinski definition) is 3. The minimum atomic E-state index is -3.86. The molecule has 1 saturated heterocycles. The van der Waals surface area contributed by atoms with E-state index in [1.165, 1.54) is 23.5 Å². The maximum Gasteiger partial charge on any atom is 0.309 e. The highest BCUT2D eigenvalue weighted by molar-refractivity contribution is 7.89. The second kappa shape index (κ2) is 10.9. The second-order valence-electron chi connectivity index (χ2n) is 8.05. The summed E-state index contributed by atoms with van der Waals surface area (Å²) in [6, 6.07) is 13.9. The number of para-hydroxylation sites is 1. The molecule has 3 N–H and O–H groups in total. The molecule has 0 saturated carbocycles. The third-order valence-electron chi connectivity index (χ3n) is 5.82. The number of carbonyl (C=O) groups is 2. The van der Waals surface area contributed by atoms with E-state index >= 15 is 0 Å². The Balaban J connectivity index is 1.31. The minimum Gasteiger partial charge on any atom is -0.497 e. The van der Waals surface area contributed by atoms with E-state index in [1.54, 1.807) is 12.1 Å². The van der Waals surface area contributed by atoms with E-state index < -0.39 is 28.1 Å². The van der Waals surface area contributed by atoms with Crippen molar-refractivity contribution in [3.63, 3.8) is 0 Å². The van der Waals surface area contributed by atoms with Crippen molar-refractivity contribution in [2.75, 3.05) is 33.4 Å². The molecular formula is C24H28N4O6S. The number of hydrogen-bond acceptors (Lipinski definition) is 6. The molecule has 2 aromatic carbocycles. The van der Waals surface area contributed by atoms with Gasteiger partial charge in [-0.25, -0.2) is 8.42 Å². The number of nitrogens with zero attached hydrogens (tertiary/aromatic N) is 1. The molecule has 35 heavy (non-hydrogen) atoms. The van der Waals surface area contributed by atoms with E-state index in [0.29, 0.717) is 25.2 Å². The van der Waals surface area contributed by atoms with Crippen LogP contribution in [0.25, 0.3) is 10.9 Å². The van der Waals surface area contributed by atoms with Crippen LogP contribution in [0.3, 0.4) is 0 Å². The molecule has 0 radical (unpaired) electrons. The monoisotopic (exact) mass is 500 g/mol. The van der Waals surface area contributed by atoms with Crippen molar-refractivity contribution < 1.29 is 27.5 Å². The molecule has 2 amide bonds. The van der Waals surface area contributed by atoms with Crippen molar-refractivity contribution in [1.82, 2.24) is 19.9 Å². The van der Waals surface area contributed by atoms with Crippen LogP contribution >= 0.6 is 0 Å². The van der Waals surface area contributed by atoms with Gasteiger partial charge in [0.05, 0.1) is 25.2 Å². The van der Waals surface area contributed by atoms with Crippen LogP contribution in [-0.4, -0.2) is 69.1 Å². The number of amides is 2. The lowest BCUT2D eigenvalue weighted by Gasteiger charge is -2.34. The predicted molar refractivity (Wildman–Crippen MR) is 129 cm³/mol. The molecule has 4 rings (SSSR count). The van der Waals surface area contributed by atoms with Gasteiger partial charge in [0, 0.05) is 30.2 Å².